The molecule has 0 aliphatic heterocycles. The van der Waals surface area contributed by atoms with Crippen molar-refractivity contribution in [3.8, 4) is 34.6 Å². The quantitative estimate of drug-likeness (QED) is 0.125. The molecule has 2 heterocycles. The summed E-state index contributed by atoms with van der Waals surface area (Å²) in [4.78, 5) is 10.00. The van der Waals surface area contributed by atoms with Crippen molar-refractivity contribution < 1.29 is 18.9 Å². The van der Waals surface area contributed by atoms with Crippen LogP contribution in [0.25, 0.3) is 11.1 Å². The molecular formula is C46H50N2O4P2. The SMILES string of the molecule is COc1cc(P(c2c(C)cccc2C)c2c(C)cccc2C)c(-c2c(P(c3c(C)cccc3C)c3c(C)cccc3C)cc(OC)nc2OC)c(OC)n1. The highest BCUT2D eigenvalue weighted by molar-refractivity contribution is 7.81. The Morgan fingerprint density at radius 1 is 0.370 bits per heavy atom. The third-order valence-electron chi connectivity index (χ3n) is 10.1. The summed E-state index contributed by atoms with van der Waals surface area (Å²) >= 11 is 0. The Bertz CT molecular complexity index is 2010. The molecule has 0 atom stereocenters. The number of pyridine rings is 2. The van der Waals surface area contributed by atoms with Gasteiger partial charge in [0.15, 0.2) is 0 Å². The smallest absolute Gasteiger partial charge is 0.225 e. The summed E-state index contributed by atoms with van der Waals surface area (Å²) in [6, 6.07) is 30.4. The van der Waals surface area contributed by atoms with E-state index in [-0.39, 0.29) is 0 Å². The summed E-state index contributed by atoms with van der Waals surface area (Å²) in [5, 5.41) is 7.25. The molecule has 2 aromatic heterocycles. The third-order valence-corrected chi connectivity index (χ3v) is 16.4. The average molecular weight is 757 g/mol. The Balaban J connectivity index is 1.88. The second-order valence-electron chi connectivity index (χ2n) is 13.8. The lowest BCUT2D eigenvalue weighted by Gasteiger charge is -2.32. The van der Waals surface area contributed by atoms with Gasteiger partial charge in [0, 0.05) is 22.7 Å². The number of aromatic nitrogens is 2. The van der Waals surface area contributed by atoms with E-state index in [4.69, 9.17) is 28.9 Å². The molecule has 6 rings (SSSR count). The number of hydrogen-bond donors (Lipinski definition) is 0. The van der Waals surface area contributed by atoms with Crippen molar-refractivity contribution in [1.29, 1.82) is 0 Å². The van der Waals surface area contributed by atoms with Crippen molar-refractivity contribution in [1.82, 2.24) is 9.97 Å². The molecule has 0 unspecified atom stereocenters. The first kappa shape index (κ1) is 38.9. The molecule has 278 valence electrons. The van der Waals surface area contributed by atoms with E-state index < -0.39 is 15.8 Å². The highest BCUT2D eigenvalue weighted by Gasteiger charge is 2.36. The first-order valence-electron chi connectivity index (χ1n) is 18.1. The lowest BCUT2D eigenvalue weighted by molar-refractivity contribution is 0.362. The van der Waals surface area contributed by atoms with Gasteiger partial charge in [0.2, 0.25) is 23.5 Å². The van der Waals surface area contributed by atoms with E-state index in [1.807, 2.05) is 0 Å². The minimum atomic E-state index is -1.22. The minimum absolute atomic E-state index is 0.443. The first-order valence-corrected chi connectivity index (χ1v) is 20.7. The Morgan fingerprint density at radius 2 is 0.611 bits per heavy atom. The molecule has 0 N–H and O–H groups in total. The molecular weight excluding hydrogens is 706 g/mol. The van der Waals surface area contributed by atoms with Crippen molar-refractivity contribution in [2.24, 2.45) is 0 Å². The van der Waals surface area contributed by atoms with Gasteiger partial charge in [-0.3, -0.25) is 0 Å². The third kappa shape index (κ3) is 7.10. The van der Waals surface area contributed by atoms with E-state index in [9.17, 15) is 0 Å². The van der Waals surface area contributed by atoms with Gasteiger partial charge in [0.25, 0.3) is 0 Å². The van der Waals surface area contributed by atoms with E-state index >= 15 is 0 Å². The number of nitrogens with zero attached hydrogens (tertiary/aromatic N) is 2. The molecule has 0 aliphatic carbocycles. The fraction of sp³-hybridized carbons (Fsp3) is 0.261. The molecule has 4 aromatic carbocycles. The second kappa shape index (κ2) is 16.3. The normalized spacial score (nSPS) is 11.3. The summed E-state index contributed by atoms with van der Waals surface area (Å²) in [7, 11) is 4.24. The Morgan fingerprint density at radius 3 is 0.815 bits per heavy atom. The van der Waals surface area contributed by atoms with Crippen molar-refractivity contribution in [2.45, 2.75) is 55.4 Å². The average Bonchev–Trinajstić information content (AvgIpc) is 3.15. The highest BCUT2D eigenvalue weighted by atomic mass is 31.1. The highest BCUT2D eigenvalue weighted by Crippen LogP contribution is 2.49. The number of methoxy groups -OCH3 is 4. The largest absolute Gasteiger partial charge is 0.481 e. The van der Waals surface area contributed by atoms with Crippen molar-refractivity contribution in [2.75, 3.05) is 28.4 Å². The molecule has 0 saturated carbocycles. The molecule has 0 aliphatic rings. The minimum Gasteiger partial charge on any atom is -0.481 e. The van der Waals surface area contributed by atoms with Crippen LogP contribution in [0.2, 0.25) is 0 Å². The maximum Gasteiger partial charge on any atom is 0.225 e. The number of hydrogen-bond acceptors (Lipinski definition) is 6. The number of aryl methyl sites for hydroxylation is 8. The van der Waals surface area contributed by atoms with Crippen LogP contribution in [-0.4, -0.2) is 38.4 Å². The summed E-state index contributed by atoms with van der Waals surface area (Å²) in [5.74, 6) is 1.84. The first-order chi connectivity index (χ1) is 25.9. The zero-order valence-electron chi connectivity index (χ0n) is 33.5. The molecule has 0 saturated heterocycles. The van der Waals surface area contributed by atoms with Crippen LogP contribution in [0.3, 0.4) is 0 Å². The lowest BCUT2D eigenvalue weighted by Crippen LogP contribution is -2.32. The van der Waals surface area contributed by atoms with Gasteiger partial charge in [-0.05, 0) is 137 Å². The Kier molecular flexibility index (Phi) is 11.8. The molecule has 0 spiro atoms. The van der Waals surface area contributed by atoms with Crippen LogP contribution in [0.5, 0.6) is 23.5 Å². The summed E-state index contributed by atoms with van der Waals surface area (Å²) in [6.45, 7) is 17.7. The van der Waals surface area contributed by atoms with Gasteiger partial charge in [-0.15, -0.1) is 0 Å². The number of ether oxygens (including phenoxy) is 4. The molecule has 6 aromatic rings. The Hall–Kier alpha value is -4.76. The van der Waals surface area contributed by atoms with Crippen LogP contribution >= 0.6 is 15.8 Å². The van der Waals surface area contributed by atoms with Gasteiger partial charge < -0.3 is 18.9 Å². The van der Waals surface area contributed by atoms with Gasteiger partial charge in [-0.2, -0.15) is 9.97 Å². The van der Waals surface area contributed by atoms with E-state index in [0.717, 1.165) is 21.7 Å². The van der Waals surface area contributed by atoms with Gasteiger partial charge in [0.05, 0.1) is 39.6 Å². The molecule has 8 heteroatoms. The number of benzene rings is 4. The van der Waals surface area contributed by atoms with Gasteiger partial charge in [0.1, 0.15) is 0 Å². The van der Waals surface area contributed by atoms with Crippen LogP contribution < -0.4 is 50.8 Å². The Labute approximate surface area is 323 Å². The van der Waals surface area contributed by atoms with Crippen LogP contribution in [0, 0.1) is 55.4 Å². The lowest BCUT2D eigenvalue weighted by atomic mass is 10.1. The van der Waals surface area contributed by atoms with E-state index in [0.29, 0.717) is 23.5 Å². The van der Waals surface area contributed by atoms with Crippen molar-refractivity contribution >= 4 is 47.7 Å². The molecule has 54 heavy (non-hydrogen) atoms. The number of rotatable bonds is 11. The molecule has 6 nitrogen and oxygen atoms in total. The molecule has 0 amide bonds. The van der Waals surface area contributed by atoms with Gasteiger partial charge >= 0.3 is 0 Å². The monoisotopic (exact) mass is 756 g/mol. The van der Waals surface area contributed by atoms with E-state index in [2.05, 4.69) is 140 Å². The molecule has 0 bridgehead atoms. The van der Waals surface area contributed by atoms with E-state index in [1.165, 1.54) is 65.7 Å². The maximum atomic E-state index is 6.33. The van der Waals surface area contributed by atoms with Crippen LogP contribution in [0.4, 0.5) is 0 Å². The second-order valence-corrected chi connectivity index (χ2v) is 17.9. The summed E-state index contributed by atoms with van der Waals surface area (Å²) in [6.07, 6.45) is 0. The van der Waals surface area contributed by atoms with Crippen LogP contribution in [-0.2, 0) is 0 Å². The topological polar surface area (TPSA) is 62.7 Å². The standard InChI is InChI=1S/C46H50N2O4P2/c1-27-17-13-18-28(2)41(27)53(42-29(3)19-14-20-30(42)4)35-25-37(49-9)47-45(51-11)39(35)40-36(26-38(50-10)48-46(40)52-12)54(43-31(5)21-15-22-32(43)6)44-33(7)23-16-24-34(44)8/h13-26H,1-12H3. The van der Waals surface area contributed by atoms with Crippen molar-refractivity contribution in [3.05, 3.63) is 129 Å². The van der Waals surface area contributed by atoms with Crippen LogP contribution in [0.1, 0.15) is 44.5 Å². The van der Waals surface area contributed by atoms with Gasteiger partial charge in [-0.1, -0.05) is 72.8 Å². The predicted octanol–water partition coefficient (Wildman–Crippen LogP) is 8.16. The zero-order valence-corrected chi connectivity index (χ0v) is 35.3. The summed E-state index contributed by atoms with van der Waals surface area (Å²) in [5.41, 5.74) is 11.4. The van der Waals surface area contributed by atoms with Crippen molar-refractivity contribution in [3.63, 3.8) is 0 Å². The van der Waals surface area contributed by atoms with Gasteiger partial charge in [-0.25, -0.2) is 0 Å². The van der Waals surface area contributed by atoms with E-state index in [1.54, 1.807) is 28.4 Å². The predicted molar refractivity (Wildman–Crippen MR) is 229 cm³/mol. The summed E-state index contributed by atoms with van der Waals surface area (Å²) < 4.78 is 24.6. The fourth-order valence-electron chi connectivity index (χ4n) is 7.64. The maximum absolute atomic E-state index is 6.33. The molecule has 0 radical (unpaired) electrons. The zero-order chi connectivity index (χ0) is 38.8. The molecule has 0 fully saturated rings. The van der Waals surface area contributed by atoms with Crippen LogP contribution in [0.15, 0.2) is 84.9 Å². The fourth-order valence-corrected chi connectivity index (χ4v) is 13.8.